The van der Waals surface area contributed by atoms with E-state index in [0.717, 1.165) is 12.8 Å². The number of carbonyl (C=O) groups excluding carboxylic acids is 2. The summed E-state index contributed by atoms with van der Waals surface area (Å²) in [6.07, 6.45) is 15.9. The van der Waals surface area contributed by atoms with E-state index in [0.29, 0.717) is 13.0 Å². The van der Waals surface area contributed by atoms with Crippen LogP contribution in [0.3, 0.4) is 0 Å². The first-order chi connectivity index (χ1) is 16.3. The summed E-state index contributed by atoms with van der Waals surface area (Å²) >= 11 is 0. The summed E-state index contributed by atoms with van der Waals surface area (Å²) in [5.41, 5.74) is 6.67. The zero-order chi connectivity index (χ0) is 24.8. The highest BCUT2D eigenvalue weighted by atomic mass is 16.6. The van der Waals surface area contributed by atoms with E-state index in [9.17, 15) is 9.59 Å². The summed E-state index contributed by atoms with van der Waals surface area (Å²) in [4.78, 5) is 23.4. The molecular formula is C26H35NO7. The van der Waals surface area contributed by atoms with E-state index in [1.807, 2.05) is 13.8 Å². The molecule has 0 aromatic carbocycles. The van der Waals surface area contributed by atoms with Gasteiger partial charge in [-0.25, -0.2) is 9.59 Å². The Morgan fingerprint density at radius 1 is 1.03 bits per heavy atom. The number of rotatable bonds is 10. The van der Waals surface area contributed by atoms with Gasteiger partial charge in [-0.3, -0.25) is 0 Å². The number of epoxide rings is 2. The second-order valence-corrected chi connectivity index (χ2v) is 9.03. The summed E-state index contributed by atoms with van der Waals surface area (Å²) in [6.45, 7) is 4.70. The predicted molar refractivity (Wildman–Crippen MR) is 126 cm³/mol. The quantitative estimate of drug-likeness (QED) is 0.169. The third-order valence-electron chi connectivity index (χ3n) is 6.41. The molecule has 2 aliphatic heterocycles. The molecule has 0 unspecified atom stereocenters. The van der Waals surface area contributed by atoms with E-state index >= 15 is 0 Å². The topological polar surface area (TPSA) is 113 Å². The minimum Gasteiger partial charge on any atom is -0.466 e. The van der Waals surface area contributed by atoms with Crippen LogP contribution in [0.5, 0.6) is 0 Å². The highest BCUT2D eigenvalue weighted by Crippen LogP contribution is 2.57. The maximum atomic E-state index is 12.4. The summed E-state index contributed by atoms with van der Waals surface area (Å²) in [5.74, 6) is -1.10. The van der Waals surface area contributed by atoms with Crippen molar-refractivity contribution in [1.82, 2.24) is 0 Å². The van der Waals surface area contributed by atoms with Gasteiger partial charge < -0.3 is 29.4 Å². The van der Waals surface area contributed by atoms with Gasteiger partial charge in [0.2, 0.25) is 0 Å². The Kier molecular flexibility index (Phi) is 8.65. The Morgan fingerprint density at radius 3 is 2.21 bits per heavy atom. The third kappa shape index (κ3) is 6.33. The average molecular weight is 474 g/mol. The lowest BCUT2D eigenvalue weighted by atomic mass is 9.70. The molecule has 8 heteroatoms. The normalized spacial score (nSPS) is 34.9. The van der Waals surface area contributed by atoms with Gasteiger partial charge in [-0.1, -0.05) is 48.1 Å². The monoisotopic (exact) mass is 473 g/mol. The van der Waals surface area contributed by atoms with Crippen molar-refractivity contribution in [1.29, 1.82) is 0 Å². The van der Waals surface area contributed by atoms with Crippen LogP contribution in [-0.2, 0) is 33.3 Å². The molecule has 0 aromatic rings. The summed E-state index contributed by atoms with van der Waals surface area (Å²) in [5, 5.41) is 0. The standard InChI is InChI=1S/C26H35NO7/c1-18(2)13-14-20-26(27,34-20)24-23(31-4)19(15-16-25(24)17-32-25)33-22(29)12-10-8-6-5-7-9-11-21(28)30-3/h5-13,19-20,23-24H,14-17,27H2,1-4H3/b7-5+,8-6+,11-9+,12-10+/t19-,20-,23-,24+,25+,26+/m1/s1. The molecule has 8 nitrogen and oxygen atoms in total. The van der Waals surface area contributed by atoms with Crippen molar-refractivity contribution in [3.8, 4) is 0 Å². The minimum atomic E-state index is -0.860. The highest BCUT2D eigenvalue weighted by molar-refractivity contribution is 5.82. The van der Waals surface area contributed by atoms with Crippen molar-refractivity contribution in [2.24, 2.45) is 11.7 Å². The molecule has 0 aromatic heterocycles. The Balaban J connectivity index is 1.57. The fraction of sp³-hybridized carbons (Fsp3) is 0.538. The van der Waals surface area contributed by atoms with Crippen molar-refractivity contribution in [3.05, 3.63) is 60.3 Å². The number of hydrogen-bond acceptors (Lipinski definition) is 8. The lowest BCUT2D eigenvalue weighted by Gasteiger charge is -2.42. The molecule has 2 heterocycles. The molecule has 0 amide bonds. The lowest BCUT2D eigenvalue weighted by Crippen LogP contribution is -2.59. The van der Waals surface area contributed by atoms with E-state index in [-0.39, 0.29) is 17.6 Å². The maximum absolute atomic E-state index is 12.4. The fourth-order valence-electron chi connectivity index (χ4n) is 4.56. The van der Waals surface area contributed by atoms with Crippen molar-refractivity contribution >= 4 is 11.9 Å². The van der Waals surface area contributed by atoms with Gasteiger partial charge in [0.15, 0.2) is 5.72 Å². The number of hydrogen-bond donors (Lipinski definition) is 1. The van der Waals surface area contributed by atoms with E-state index in [1.54, 1.807) is 43.6 Å². The van der Waals surface area contributed by atoms with Crippen molar-refractivity contribution in [3.63, 3.8) is 0 Å². The Labute approximate surface area is 201 Å². The summed E-state index contributed by atoms with van der Waals surface area (Å²) < 4.78 is 27.9. The van der Waals surface area contributed by atoms with Crippen LogP contribution >= 0.6 is 0 Å². The van der Waals surface area contributed by atoms with Gasteiger partial charge in [0.05, 0.1) is 19.6 Å². The Hall–Kier alpha value is -2.52. The van der Waals surface area contributed by atoms with Gasteiger partial charge in [-0.05, 0) is 33.1 Å². The molecule has 34 heavy (non-hydrogen) atoms. The molecule has 2 saturated heterocycles. The van der Waals surface area contributed by atoms with E-state index in [1.165, 1.54) is 24.8 Å². The van der Waals surface area contributed by atoms with E-state index in [2.05, 4.69) is 10.8 Å². The van der Waals surface area contributed by atoms with Gasteiger partial charge in [0.25, 0.3) is 0 Å². The number of nitrogens with two attached hydrogens (primary N) is 1. The molecule has 3 fully saturated rings. The molecule has 2 N–H and O–H groups in total. The van der Waals surface area contributed by atoms with E-state index < -0.39 is 29.9 Å². The first-order valence-corrected chi connectivity index (χ1v) is 11.5. The van der Waals surface area contributed by atoms with Crippen LogP contribution in [0.2, 0.25) is 0 Å². The number of carbonyl (C=O) groups is 2. The third-order valence-corrected chi connectivity index (χ3v) is 6.41. The predicted octanol–water partition coefficient (Wildman–Crippen LogP) is 2.90. The van der Waals surface area contributed by atoms with Crippen LogP contribution in [0, 0.1) is 5.92 Å². The van der Waals surface area contributed by atoms with E-state index in [4.69, 9.17) is 24.7 Å². The summed E-state index contributed by atoms with van der Waals surface area (Å²) in [7, 11) is 2.92. The van der Waals surface area contributed by atoms with Crippen molar-refractivity contribution < 1.29 is 33.3 Å². The molecule has 0 bridgehead atoms. The van der Waals surface area contributed by atoms with Crippen LogP contribution in [0.1, 0.15) is 33.1 Å². The van der Waals surface area contributed by atoms with Gasteiger partial charge in [0.1, 0.15) is 23.9 Å². The van der Waals surface area contributed by atoms with Crippen LogP contribution < -0.4 is 5.73 Å². The maximum Gasteiger partial charge on any atom is 0.331 e. The van der Waals surface area contributed by atoms with Gasteiger partial charge >= 0.3 is 11.9 Å². The molecule has 186 valence electrons. The molecule has 1 saturated carbocycles. The van der Waals surface area contributed by atoms with Gasteiger partial charge in [-0.2, -0.15) is 0 Å². The first kappa shape index (κ1) is 26.1. The van der Waals surface area contributed by atoms with Crippen LogP contribution in [0.15, 0.2) is 60.3 Å². The van der Waals surface area contributed by atoms with Crippen molar-refractivity contribution in [2.75, 3.05) is 20.8 Å². The fourth-order valence-corrected chi connectivity index (χ4v) is 4.56. The zero-order valence-corrected chi connectivity index (χ0v) is 20.3. The highest BCUT2D eigenvalue weighted by Gasteiger charge is 2.73. The zero-order valence-electron chi connectivity index (χ0n) is 20.3. The second-order valence-electron chi connectivity index (χ2n) is 9.03. The molecule has 6 atom stereocenters. The molecule has 3 rings (SSSR count). The van der Waals surface area contributed by atoms with Crippen LogP contribution in [0.4, 0.5) is 0 Å². The molecular weight excluding hydrogens is 438 g/mol. The minimum absolute atomic E-state index is 0.110. The first-order valence-electron chi connectivity index (χ1n) is 11.5. The summed E-state index contributed by atoms with van der Waals surface area (Å²) in [6, 6.07) is 0. The van der Waals surface area contributed by atoms with Gasteiger partial charge in [0, 0.05) is 19.3 Å². The Morgan fingerprint density at radius 2 is 1.65 bits per heavy atom. The smallest absolute Gasteiger partial charge is 0.331 e. The van der Waals surface area contributed by atoms with Crippen LogP contribution in [0.25, 0.3) is 0 Å². The number of ether oxygens (including phenoxy) is 5. The second kappa shape index (κ2) is 11.3. The molecule has 3 aliphatic rings. The van der Waals surface area contributed by atoms with Crippen molar-refractivity contribution in [2.45, 2.75) is 62.7 Å². The van der Waals surface area contributed by atoms with Crippen LogP contribution in [-0.4, -0.2) is 62.4 Å². The van der Waals surface area contributed by atoms with Gasteiger partial charge in [-0.15, -0.1) is 0 Å². The molecule has 0 radical (unpaired) electrons. The SMILES string of the molecule is COC(=O)/C=C/C=C/C=C/C=C/C(=O)O[C@@H]1CC[C@]2(CO2)[C@@H]([C@@]2(N)O[C@@H]2CC=C(C)C)[C@@H]1OC. The number of methoxy groups -OCH3 is 2. The Bertz CT molecular complexity index is 895. The lowest BCUT2D eigenvalue weighted by molar-refractivity contribution is -0.167. The molecule has 1 aliphatic carbocycles. The average Bonchev–Trinajstić information content (AvgIpc) is 3.72. The number of esters is 2. The molecule has 1 spiro atoms. The largest absolute Gasteiger partial charge is 0.466 e. The number of allylic oxidation sites excluding steroid dienone is 7.